The first kappa shape index (κ1) is 12.4. The van der Waals surface area contributed by atoms with Gasteiger partial charge in [-0.1, -0.05) is 0 Å². The van der Waals surface area contributed by atoms with Crippen molar-refractivity contribution in [1.82, 2.24) is 4.98 Å². The summed E-state index contributed by atoms with van der Waals surface area (Å²) in [5.41, 5.74) is 0. The summed E-state index contributed by atoms with van der Waals surface area (Å²) in [6, 6.07) is 0.252. The molecule has 0 aromatic carbocycles. The number of hydrogen-bond donors (Lipinski definition) is 2. The quantitative estimate of drug-likeness (QED) is 0.846. The number of hydrogen-bond acceptors (Lipinski definition) is 4. The molecule has 0 spiro atoms. The first-order chi connectivity index (χ1) is 7.08. The van der Waals surface area contributed by atoms with Gasteiger partial charge < -0.3 is 10.4 Å². The number of carboxylic acid groups (broad SMARTS) is 1. The number of thiazole rings is 1. The topological polar surface area (TPSA) is 62.2 Å². The normalized spacial score (nSPS) is 12.4. The van der Waals surface area contributed by atoms with Crippen molar-refractivity contribution in [1.29, 1.82) is 0 Å². The molecule has 4 nitrogen and oxygen atoms in total. The van der Waals surface area contributed by atoms with Crippen molar-refractivity contribution in [3.05, 3.63) is 9.98 Å². The van der Waals surface area contributed by atoms with Crippen LogP contribution in [0.25, 0.3) is 0 Å². The number of nitrogens with one attached hydrogen (secondary N) is 1. The van der Waals surface area contributed by atoms with Crippen molar-refractivity contribution in [3.8, 4) is 0 Å². The Morgan fingerprint density at radius 2 is 2.53 bits per heavy atom. The smallest absolute Gasteiger partial charge is 0.303 e. The number of halogens is 1. The van der Waals surface area contributed by atoms with Gasteiger partial charge in [-0.15, -0.1) is 11.3 Å². The molecule has 0 fully saturated rings. The lowest BCUT2D eigenvalue weighted by Gasteiger charge is -2.11. The molecular weight excluding hydrogens is 280 g/mol. The number of anilines is 1. The zero-order valence-electron chi connectivity index (χ0n) is 8.36. The fourth-order valence-corrected chi connectivity index (χ4v) is 2.42. The molecule has 1 atom stereocenters. The zero-order chi connectivity index (χ0) is 11.3. The molecule has 0 saturated carbocycles. The lowest BCUT2D eigenvalue weighted by molar-refractivity contribution is -0.137. The van der Waals surface area contributed by atoms with E-state index in [1.807, 2.05) is 12.3 Å². The Hall–Kier alpha value is -0.620. The van der Waals surface area contributed by atoms with Crippen LogP contribution >= 0.6 is 27.3 Å². The van der Waals surface area contributed by atoms with E-state index in [1.165, 1.54) is 11.3 Å². The van der Waals surface area contributed by atoms with Crippen LogP contribution in [0, 0.1) is 0 Å². The molecule has 1 rings (SSSR count). The van der Waals surface area contributed by atoms with Crippen LogP contribution in [0.15, 0.2) is 9.98 Å². The standard InChI is InChI=1S/C9H13BrN2O2S/c1-6(3-2-4-8(13)14)11-9-12-7(10)5-15-9/h5-6H,2-4H2,1H3,(H,11,12)(H,13,14). The highest BCUT2D eigenvalue weighted by Crippen LogP contribution is 2.20. The van der Waals surface area contributed by atoms with Gasteiger partial charge in [0.15, 0.2) is 5.13 Å². The second kappa shape index (κ2) is 6.07. The highest BCUT2D eigenvalue weighted by Gasteiger charge is 2.06. The van der Waals surface area contributed by atoms with E-state index < -0.39 is 5.97 Å². The molecule has 1 aromatic rings. The van der Waals surface area contributed by atoms with Crippen LogP contribution in [0.4, 0.5) is 5.13 Å². The highest BCUT2D eigenvalue weighted by molar-refractivity contribution is 9.10. The Labute approximate surface area is 101 Å². The molecule has 0 saturated heterocycles. The van der Waals surface area contributed by atoms with Crippen LogP contribution in [0.5, 0.6) is 0 Å². The fourth-order valence-electron chi connectivity index (χ4n) is 1.16. The van der Waals surface area contributed by atoms with Crippen LogP contribution in [-0.4, -0.2) is 22.1 Å². The third-order valence-corrected chi connectivity index (χ3v) is 3.36. The lowest BCUT2D eigenvalue weighted by Crippen LogP contribution is -2.15. The average molecular weight is 293 g/mol. The predicted octanol–water partition coefficient (Wildman–Crippen LogP) is 2.96. The monoisotopic (exact) mass is 292 g/mol. The Morgan fingerprint density at radius 3 is 3.07 bits per heavy atom. The number of carboxylic acids is 1. The van der Waals surface area contributed by atoms with E-state index in [0.29, 0.717) is 6.42 Å². The average Bonchev–Trinajstić information content (AvgIpc) is 2.50. The van der Waals surface area contributed by atoms with Crippen molar-refractivity contribution >= 4 is 38.4 Å². The Bertz CT molecular complexity index is 330. The molecular formula is C9H13BrN2O2S. The van der Waals surface area contributed by atoms with Gasteiger partial charge in [0, 0.05) is 17.8 Å². The maximum Gasteiger partial charge on any atom is 0.303 e. The summed E-state index contributed by atoms with van der Waals surface area (Å²) in [7, 11) is 0. The maximum atomic E-state index is 10.3. The Morgan fingerprint density at radius 1 is 1.80 bits per heavy atom. The Balaban J connectivity index is 2.24. The second-order valence-electron chi connectivity index (χ2n) is 3.31. The largest absolute Gasteiger partial charge is 0.481 e. The molecule has 1 unspecified atom stereocenters. The zero-order valence-corrected chi connectivity index (χ0v) is 10.8. The summed E-state index contributed by atoms with van der Waals surface area (Å²) in [6.07, 6.45) is 1.76. The number of rotatable bonds is 6. The van der Waals surface area contributed by atoms with E-state index >= 15 is 0 Å². The maximum absolute atomic E-state index is 10.3. The van der Waals surface area contributed by atoms with Gasteiger partial charge in [0.1, 0.15) is 4.60 Å². The van der Waals surface area contributed by atoms with Gasteiger partial charge in [-0.05, 0) is 35.7 Å². The van der Waals surface area contributed by atoms with Crippen LogP contribution in [0.3, 0.4) is 0 Å². The van der Waals surface area contributed by atoms with Crippen molar-refractivity contribution in [2.75, 3.05) is 5.32 Å². The van der Waals surface area contributed by atoms with Gasteiger partial charge in [-0.3, -0.25) is 4.79 Å². The lowest BCUT2D eigenvalue weighted by atomic mass is 10.1. The number of aliphatic carboxylic acids is 1. The van der Waals surface area contributed by atoms with Crippen LogP contribution in [0.1, 0.15) is 26.2 Å². The van der Waals surface area contributed by atoms with Gasteiger partial charge in [0.25, 0.3) is 0 Å². The van der Waals surface area contributed by atoms with E-state index in [9.17, 15) is 4.79 Å². The Kier molecular flexibility index (Phi) is 5.04. The molecule has 84 valence electrons. The highest BCUT2D eigenvalue weighted by atomic mass is 79.9. The summed E-state index contributed by atoms with van der Waals surface area (Å²) >= 11 is 4.81. The van der Waals surface area contributed by atoms with Gasteiger partial charge in [0.05, 0.1) is 0 Å². The van der Waals surface area contributed by atoms with E-state index in [-0.39, 0.29) is 12.5 Å². The first-order valence-electron chi connectivity index (χ1n) is 4.67. The third-order valence-electron chi connectivity index (χ3n) is 1.87. The fraction of sp³-hybridized carbons (Fsp3) is 0.556. The van der Waals surface area contributed by atoms with E-state index in [0.717, 1.165) is 16.2 Å². The van der Waals surface area contributed by atoms with Crippen molar-refractivity contribution < 1.29 is 9.90 Å². The van der Waals surface area contributed by atoms with E-state index in [2.05, 4.69) is 26.2 Å². The summed E-state index contributed by atoms with van der Waals surface area (Å²) < 4.78 is 0.827. The molecule has 1 heterocycles. The summed E-state index contributed by atoms with van der Waals surface area (Å²) in [5, 5.41) is 14.5. The number of nitrogens with zero attached hydrogens (tertiary/aromatic N) is 1. The van der Waals surface area contributed by atoms with Gasteiger partial charge >= 0.3 is 5.97 Å². The van der Waals surface area contributed by atoms with Gasteiger partial charge in [-0.2, -0.15) is 0 Å². The van der Waals surface area contributed by atoms with Crippen LogP contribution < -0.4 is 5.32 Å². The molecule has 0 aliphatic heterocycles. The minimum atomic E-state index is -0.737. The molecule has 0 radical (unpaired) electrons. The van der Waals surface area contributed by atoms with Crippen molar-refractivity contribution in [3.63, 3.8) is 0 Å². The number of aromatic nitrogens is 1. The third kappa shape index (κ3) is 5.13. The molecule has 6 heteroatoms. The summed E-state index contributed by atoms with van der Waals surface area (Å²) in [4.78, 5) is 14.5. The number of carbonyl (C=O) groups is 1. The second-order valence-corrected chi connectivity index (χ2v) is 4.98. The molecule has 0 aliphatic rings. The molecule has 0 amide bonds. The minimum Gasteiger partial charge on any atom is -0.481 e. The molecule has 1 aromatic heterocycles. The summed E-state index contributed by atoms with van der Waals surface area (Å²) in [5.74, 6) is -0.737. The molecule has 2 N–H and O–H groups in total. The molecule has 15 heavy (non-hydrogen) atoms. The van der Waals surface area contributed by atoms with Crippen LogP contribution in [-0.2, 0) is 4.79 Å². The van der Waals surface area contributed by atoms with Crippen molar-refractivity contribution in [2.24, 2.45) is 0 Å². The van der Waals surface area contributed by atoms with E-state index in [1.54, 1.807) is 0 Å². The van der Waals surface area contributed by atoms with E-state index in [4.69, 9.17) is 5.11 Å². The molecule has 0 bridgehead atoms. The minimum absolute atomic E-state index is 0.230. The predicted molar refractivity (Wildman–Crippen MR) is 64.4 cm³/mol. The van der Waals surface area contributed by atoms with Gasteiger partial charge in [-0.25, -0.2) is 4.98 Å². The van der Waals surface area contributed by atoms with Crippen molar-refractivity contribution in [2.45, 2.75) is 32.2 Å². The first-order valence-corrected chi connectivity index (χ1v) is 6.34. The van der Waals surface area contributed by atoms with Gasteiger partial charge in [0.2, 0.25) is 0 Å². The molecule has 0 aliphatic carbocycles. The summed E-state index contributed by atoms with van der Waals surface area (Å²) in [6.45, 7) is 2.02. The SMILES string of the molecule is CC(CCCC(=O)O)Nc1nc(Br)cs1. The van der Waals surface area contributed by atoms with Crippen LogP contribution in [0.2, 0.25) is 0 Å².